The third-order valence-corrected chi connectivity index (χ3v) is 4.55. The predicted molar refractivity (Wildman–Crippen MR) is 81.8 cm³/mol. The molecule has 2 atom stereocenters. The van der Waals surface area contributed by atoms with Gasteiger partial charge in [0.05, 0.1) is 0 Å². The van der Waals surface area contributed by atoms with Crippen molar-refractivity contribution in [3.8, 4) is 0 Å². The molecule has 1 fully saturated rings. The van der Waals surface area contributed by atoms with Crippen LogP contribution in [0.3, 0.4) is 0 Å². The number of carboxylic acids is 1. The zero-order chi connectivity index (χ0) is 14.8. The number of hydrogen-bond acceptors (Lipinski definition) is 3. The van der Waals surface area contributed by atoms with E-state index in [2.05, 4.69) is 17.2 Å². The van der Waals surface area contributed by atoms with Crippen LogP contribution in [0.2, 0.25) is 0 Å². The van der Waals surface area contributed by atoms with E-state index in [1.807, 2.05) is 18.2 Å². The fraction of sp³-hybridized carbons (Fsp3) is 0.500. The monoisotopic (exact) mass is 287 g/mol. The number of hydrogen-bond donors (Lipinski definition) is 2. The third-order valence-electron chi connectivity index (χ3n) is 4.55. The second-order valence-electron chi connectivity index (χ2n) is 5.95. The summed E-state index contributed by atoms with van der Waals surface area (Å²) in [4.78, 5) is 15.9. The lowest BCUT2D eigenvalue weighted by Crippen LogP contribution is -2.25. The van der Waals surface area contributed by atoms with Crippen molar-refractivity contribution in [2.45, 2.75) is 32.6 Å². The molecule has 0 amide bonds. The predicted octanol–water partition coefficient (Wildman–Crippen LogP) is 3.27. The summed E-state index contributed by atoms with van der Waals surface area (Å²) in [6.07, 6.45) is 6.80. The maximum absolute atomic E-state index is 11.5. The summed E-state index contributed by atoms with van der Waals surface area (Å²) in [5.74, 6) is 0.820. The Morgan fingerprint density at radius 2 is 2.24 bits per heavy atom. The average molecular weight is 287 g/mol. The molecule has 21 heavy (non-hydrogen) atoms. The van der Waals surface area contributed by atoms with Crippen molar-refractivity contribution in [1.29, 1.82) is 0 Å². The van der Waals surface area contributed by atoms with Crippen LogP contribution in [0.5, 0.6) is 0 Å². The normalized spacial score (nSPS) is 22.3. The van der Waals surface area contributed by atoms with Crippen LogP contribution in [0.4, 0.5) is 5.82 Å². The van der Waals surface area contributed by atoms with Crippen LogP contribution in [0, 0.1) is 11.8 Å². The van der Waals surface area contributed by atoms with E-state index in [4.69, 9.17) is 0 Å². The molecule has 0 spiro atoms. The van der Waals surface area contributed by atoms with Gasteiger partial charge in [-0.2, -0.15) is 0 Å². The molecule has 2 heterocycles. The molecule has 1 aliphatic rings. The van der Waals surface area contributed by atoms with Crippen LogP contribution >= 0.6 is 0 Å². The Bertz CT molecular complexity index is 650. The molecule has 2 unspecified atom stereocenters. The van der Waals surface area contributed by atoms with Gasteiger partial charge in [-0.15, -0.1) is 0 Å². The van der Waals surface area contributed by atoms with Crippen LogP contribution in [-0.4, -0.2) is 27.0 Å². The van der Waals surface area contributed by atoms with Gasteiger partial charge in [0.1, 0.15) is 5.65 Å². The molecule has 2 N–H and O–H groups in total. The van der Waals surface area contributed by atoms with E-state index >= 15 is 0 Å². The molecule has 1 aliphatic carbocycles. The first kappa shape index (κ1) is 13.9. The molecule has 2 aromatic heterocycles. The number of carbonyl (C=O) groups is 1. The van der Waals surface area contributed by atoms with Gasteiger partial charge < -0.3 is 10.4 Å². The number of aromatic carboxylic acids is 1. The van der Waals surface area contributed by atoms with Crippen molar-refractivity contribution in [2.24, 2.45) is 11.8 Å². The van der Waals surface area contributed by atoms with Crippen molar-refractivity contribution >= 4 is 17.4 Å². The molecule has 1 saturated carbocycles. The standard InChI is InChI=1S/C16H21N3O2/c1-11-6-2-3-7-12(11)10-17-15-14(16(20)21)19-9-5-4-8-13(19)18-15/h4-5,8-9,11-12,17H,2-3,6-7,10H2,1H3,(H,20,21). The number of anilines is 1. The van der Waals surface area contributed by atoms with Crippen molar-refractivity contribution in [1.82, 2.24) is 9.38 Å². The van der Waals surface area contributed by atoms with Gasteiger partial charge in [-0.25, -0.2) is 9.78 Å². The zero-order valence-corrected chi connectivity index (χ0v) is 12.2. The molecule has 0 radical (unpaired) electrons. The number of fused-ring (bicyclic) bond motifs is 1. The molecule has 0 saturated heterocycles. The van der Waals surface area contributed by atoms with Crippen LogP contribution in [0.1, 0.15) is 43.1 Å². The number of rotatable bonds is 4. The zero-order valence-electron chi connectivity index (χ0n) is 12.2. The minimum absolute atomic E-state index is 0.217. The molecule has 5 nitrogen and oxygen atoms in total. The Morgan fingerprint density at radius 3 is 3.00 bits per heavy atom. The molecule has 5 heteroatoms. The Labute approximate surface area is 124 Å². The smallest absolute Gasteiger partial charge is 0.356 e. The Hall–Kier alpha value is -2.04. The van der Waals surface area contributed by atoms with Crippen LogP contribution < -0.4 is 5.32 Å². The third kappa shape index (κ3) is 2.73. The fourth-order valence-corrected chi connectivity index (χ4v) is 3.25. The Morgan fingerprint density at radius 1 is 1.43 bits per heavy atom. The van der Waals surface area contributed by atoms with Gasteiger partial charge in [0.15, 0.2) is 11.5 Å². The number of nitrogens with one attached hydrogen (secondary N) is 1. The van der Waals surface area contributed by atoms with Gasteiger partial charge in [-0.3, -0.25) is 4.40 Å². The summed E-state index contributed by atoms with van der Waals surface area (Å²) in [6.45, 7) is 3.08. The molecular formula is C16H21N3O2. The first-order chi connectivity index (χ1) is 10.2. The molecule has 0 aromatic carbocycles. The highest BCUT2D eigenvalue weighted by Gasteiger charge is 2.23. The van der Waals surface area contributed by atoms with Gasteiger partial charge in [0, 0.05) is 12.7 Å². The molecule has 0 aliphatic heterocycles. The fourth-order valence-electron chi connectivity index (χ4n) is 3.25. The van der Waals surface area contributed by atoms with E-state index in [-0.39, 0.29) is 5.69 Å². The average Bonchev–Trinajstić information content (AvgIpc) is 2.85. The van der Waals surface area contributed by atoms with Crippen molar-refractivity contribution in [3.63, 3.8) is 0 Å². The summed E-state index contributed by atoms with van der Waals surface area (Å²) in [6, 6.07) is 5.50. The first-order valence-corrected chi connectivity index (χ1v) is 7.61. The van der Waals surface area contributed by atoms with Crippen molar-refractivity contribution < 1.29 is 9.90 Å². The largest absolute Gasteiger partial charge is 0.476 e. The molecule has 112 valence electrons. The number of aromatic nitrogens is 2. The van der Waals surface area contributed by atoms with Crippen LogP contribution in [0.25, 0.3) is 5.65 Å². The quantitative estimate of drug-likeness (QED) is 0.905. The molecule has 0 bridgehead atoms. The van der Waals surface area contributed by atoms with Gasteiger partial charge in [0.2, 0.25) is 0 Å². The summed E-state index contributed by atoms with van der Waals surface area (Å²) < 4.78 is 1.62. The van der Waals surface area contributed by atoms with E-state index < -0.39 is 5.97 Å². The van der Waals surface area contributed by atoms with Gasteiger partial charge in [0.25, 0.3) is 0 Å². The Kier molecular flexibility index (Phi) is 3.82. The lowest BCUT2D eigenvalue weighted by atomic mass is 9.80. The number of carboxylic acid groups (broad SMARTS) is 1. The number of imidazole rings is 1. The van der Waals surface area contributed by atoms with E-state index in [1.54, 1.807) is 10.6 Å². The number of nitrogens with zero attached hydrogens (tertiary/aromatic N) is 2. The Balaban J connectivity index is 1.83. The van der Waals surface area contributed by atoms with Crippen molar-refractivity contribution in [2.75, 3.05) is 11.9 Å². The van der Waals surface area contributed by atoms with E-state index in [9.17, 15) is 9.90 Å². The van der Waals surface area contributed by atoms with Crippen LogP contribution in [0.15, 0.2) is 24.4 Å². The topological polar surface area (TPSA) is 66.6 Å². The molecule has 3 rings (SSSR count). The van der Waals surface area contributed by atoms with Gasteiger partial charge >= 0.3 is 5.97 Å². The number of pyridine rings is 1. The van der Waals surface area contributed by atoms with Gasteiger partial charge in [-0.1, -0.05) is 32.3 Å². The minimum atomic E-state index is -0.951. The molecular weight excluding hydrogens is 266 g/mol. The highest BCUT2D eigenvalue weighted by Crippen LogP contribution is 2.30. The van der Waals surface area contributed by atoms with Crippen LogP contribution in [-0.2, 0) is 0 Å². The second kappa shape index (κ2) is 5.76. The van der Waals surface area contributed by atoms with Gasteiger partial charge in [-0.05, 0) is 30.4 Å². The SMILES string of the molecule is CC1CCCCC1CNc1nc2ccccn2c1C(=O)O. The summed E-state index contributed by atoms with van der Waals surface area (Å²) in [7, 11) is 0. The van der Waals surface area contributed by atoms with E-state index in [1.165, 1.54) is 25.7 Å². The maximum Gasteiger partial charge on any atom is 0.356 e. The highest BCUT2D eigenvalue weighted by atomic mass is 16.4. The summed E-state index contributed by atoms with van der Waals surface area (Å²) >= 11 is 0. The maximum atomic E-state index is 11.5. The van der Waals surface area contributed by atoms with E-state index in [0.29, 0.717) is 23.3 Å². The van der Waals surface area contributed by atoms with E-state index in [0.717, 1.165) is 6.54 Å². The molecule has 2 aromatic rings. The first-order valence-electron chi connectivity index (χ1n) is 7.61. The van der Waals surface area contributed by atoms with Crippen molar-refractivity contribution in [3.05, 3.63) is 30.1 Å². The summed E-state index contributed by atoms with van der Waals surface area (Å²) in [5.41, 5.74) is 0.878. The minimum Gasteiger partial charge on any atom is -0.476 e. The second-order valence-corrected chi connectivity index (χ2v) is 5.95. The highest BCUT2D eigenvalue weighted by molar-refractivity contribution is 5.92. The lowest BCUT2D eigenvalue weighted by molar-refractivity contribution is 0.0690. The lowest BCUT2D eigenvalue weighted by Gasteiger charge is -2.28. The summed E-state index contributed by atoms with van der Waals surface area (Å²) in [5, 5.41) is 12.7.